The number of halogens is 2. The Bertz CT molecular complexity index is 885. The number of benzene rings is 3. The van der Waals surface area contributed by atoms with E-state index in [2.05, 4.69) is 5.32 Å². The lowest BCUT2D eigenvalue weighted by Gasteiger charge is -2.16. The van der Waals surface area contributed by atoms with Gasteiger partial charge in [0.25, 0.3) is 0 Å². The van der Waals surface area contributed by atoms with Crippen LogP contribution in [0.25, 0.3) is 0 Å². The quantitative estimate of drug-likeness (QED) is 0.462. The summed E-state index contributed by atoms with van der Waals surface area (Å²) in [5, 5.41) is 4.57. The van der Waals surface area contributed by atoms with Crippen LogP contribution in [0.2, 0.25) is 10.0 Å². The lowest BCUT2D eigenvalue weighted by atomic mass is 10.2. The summed E-state index contributed by atoms with van der Waals surface area (Å²) in [4.78, 5) is 0. The van der Waals surface area contributed by atoms with Crippen LogP contribution in [0.5, 0.6) is 11.5 Å². The second kappa shape index (κ2) is 9.54. The molecule has 0 radical (unpaired) electrons. The molecule has 3 rings (SSSR count). The van der Waals surface area contributed by atoms with E-state index >= 15 is 0 Å². The number of hydrogen-bond donors (Lipinski definition) is 1. The molecular weight excluding hydrogens is 381 g/mol. The Kier molecular flexibility index (Phi) is 6.86. The molecule has 3 aromatic carbocycles. The molecule has 0 saturated carbocycles. The molecular formula is C22H21Cl2NO2. The molecule has 0 heterocycles. The molecule has 5 heteroatoms. The Hall–Kier alpha value is -2.36. The fourth-order valence-electron chi connectivity index (χ4n) is 2.67. The average molecular weight is 402 g/mol. The molecule has 0 aromatic heterocycles. The Labute approximate surface area is 169 Å². The average Bonchev–Trinajstić information content (AvgIpc) is 2.67. The van der Waals surface area contributed by atoms with E-state index in [1.54, 1.807) is 0 Å². The van der Waals surface area contributed by atoms with Crippen LogP contribution in [-0.4, -0.2) is 6.61 Å². The zero-order valence-corrected chi connectivity index (χ0v) is 16.6. The highest BCUT2D eigenvalue weighted by atomic mass is 35.5. The molecule has 0 atom stereocenters. The predicted octanol–water partition coefficient (Wildman–Crippen LogP) is 6.58. The van der Waals surface area contributed by atoms with Crippen molar-refractivity contribution in [1.82, 2.24) is 0 Å². The minimum Gasteiger partial charge on any atom is -0.490 e. The van der Waals surface area contributed by atoms with Gasteiger partial charge < -0.3 is 14.8 Å². The van der Waals surface area contributed by atoms with Gasteiger partial charge >= 0.3 is 0 Å². The summed E-state index contributed by atoms with van der Waals surface area (Å²) in [5.74, 6) is 1.18. The lowest BCUT2D eigenvalue weighted by molar-refractivity contribution is 0.269. The molecule has 0 amide bonds. The second-order valence-electron chi connectivity index (χ2n) is 5.98. The summed E-state index contributed by atoms with van der Waals surface area (Å²) in [6, 6.07) is 21.4. The molecule has 3 aromatic rings. The highest BCUT2D eigenvalue weighted by Crippen LogP contribution is 2.37. The van der Waals surface area contributed by atoms with Crippen molar-refractivity contribution in [2.24, 2.45) is 0 Å². The summed E-state index contributed by atoms with van der Waals surface area (Å²) < 4.78 is 11.7. The van der Waals surface area contributed by atoms with E-state index in [1.165, 1.54) is 0 Å². The van der Waals surface area contributed by atoms with Crippen LogP contribution in [0.3, 0.4) is 0 Å². The number of nitrogens with one attached hydrogen (secondary N) is 1. The third-order valence-electron chi connectivity index (χ3n) is 3.91. The van der Waals surface area contributed by atoms with Gasteiger partial charge in [0.1, 0.15) is 6.61 Å². The van der Waals surface area contributed by atoms with Gasteiger partial charge in [-0.05, 0) is 54.4 Å². The van der Waals surface area contributed by atoms with Gasteiger partial charge in [-0.2, -0.15) is 0 Å². The van der Waals surface area contributed by atoms with E-state index in [-0.39, 0.29) is 0 Å². The molecule has 0 aliphatic rings. The molecule has 0 fully saturated rings. The van der Waals surface area contributed by atoms with E-state index in [1.807, 2.05) is 73.7 Å². The van der Waals surface area contributed by atoms with Crippen LogP contribution < -0.4 is 14.8 Å². The van der Waals surface area contributed by atoms with Crippen LogP contribution in [-0.2, 0) is 13.2 Å². The van der Waals surface area contributed by atoms with Crippen LogP contribution in [0, 0.1) is 0 Å². The first-order valence-corrected chi connectivity index (χ1v) is 9.52. The normalized spacial score (nSPS) is 10.5. The van der Waals surface area contributed by atoms with Gasteiger partial charge in [0.15, 0.2) is 11.5 Å². The van der Waals surface area contributed by atoms with Gasteiger partial charge in [0, 0.05) is 17.3 Å². The SMILES string of the molecule is CCOc1cc(CNc2ccccc2)cc(Cl)c1OCc1cccc(Cl)c1. The first-order valence-electron chi connectivity index (χ1n) is 8.77. The molecule has 140 valence electrons. The summed E-state index contributed by atoms with van der Waals surface area (Å²) in [5.41, 5.74) is 3.03. The van der Waals surface area contributed by atoms with E-state index < -0.39 is 0 Å². The maximum Gasteiger partial charge on any atom is 0.180 e. The maximum atomic E-state index is 6.49. The van der Waals surface area contributed by atoms with Crippen LogP contribution in [0.4, 0.5) is 5.69 Å². The summed E-state index contributed by atoms with van der Waals surface area (Å²) in [7, 11) is 0. The van der Waals surface area contributed by atoms with Crippen molar-refractivity contribution in [1.29, 1.82) is 0 Å². The Morgan fingerprint density at radius 2 is 1.67 bits per heavy atom. The van der Waals surface area contributed by atoms with Gasteiger partial charge in [0.05, 0.1) is 11.6 Å². The molecule has 0 saturated heterocycles. The highest BCUT2D eigenvalue weighted by Gasteiger charge is 2.13. The fourth-order valence-corrected chi connectivity index (χ4v) is 3.17. The first kappa shape index (κ1) is 19.4. The van der Waals surface area contributed by atoms with E-state index in [4.69, 9.17) is 32.7 Å². The number of anilines is 1. The molecule has 0 aliphatic heterocycles. The van der Waals surface area contributed by atoms with Gasteiger partial charge in [-0.3, -0.25) is 0 Å². The van der Waals surface area contributed by atoms with Crippen molar-refractivity contribution in [2.75, 3.05) is 11.9 Å². The molecule has 1 N–H and O–H groups in total. The zero-order chi connectivity index (χ0) is 19.1. The maximum absolute atomic E-state index is 6.49. The van der Waals surface area contributed by atoms with E-state index in [0.717, 1.165) is 16.8 Å². The van der Waals surface area contributed by atoms with Crippen LogP contribution in [0.15, 0.2) is 66.7 Å². The van der Waals surface area contributed by atoms with E-state index in [9.17, 15) is 0 Å². The summed E-state index contributed by atoms with van der Waals surface area (Å²) in [6.07, 6.45) is 0. The van der Waals surface area contributed by atoms with Crippen molar-refractivity contribution >= 4 is 28.9 Å². The van der Waals surface area contributed by atoms with Crippen molar-refractivity contribution in [3.8, 4) is 11.5 Å². The molecule has 0 spiro atoms. The van der Waals surface area contributed by atoms with Gasteiger partial charge in [-0.15, -0.1) is 0 Å². The predicted molar refractivity (Wildman–Crippen MR) is 112 cm³/mol. The fraction of sp³-hybridized carbons (Fsp3) is 0.182. The zero-order valence-electron chi connectivity index (χ0n) is 15.0. The summed E-state index contributed by atoms with van der Waals surface area (Å²) in [6.45, 7) is 3.46. The van der Waals surface area contributed by atoms with Gasteiger partial charge in [-0.1, -0.05) is 53.5 Å². The highest BCUT2D eigenvalue weighted by molar-refractivity contribution is 6.32. The molecule has 27 heavy (non-hydrogen) atoms. The van der Waals surface area contributed by atoms with E-state index in [0.29, 0.717) is 41.3 Å². The first-order chi connectivity index (χ1) is 13.2. The minimum atomic E-state index is 0.363. The minimum absolute atomic E-state index is 0.363. The molecule has 3 nitrogen and oxygen atoms in total. The summed E-state index contributed by atoms with van der Waals surface area (Å²) >= 11 is 12.5. The second-order valence-corrected chi connectivity index (χ2v) is 6.82. The smallest absolute Gasteiger partial charge is 0.180 e. The van der Waals surface area contributed by atoms with Crippen molar-refractivity contribution < 1.29 is 9.47 Å². The monoisotopic (exact) mass is 401 g/mol. The lowest BCUT2D eigenvalue weighted by Crippen LogP contribution is -2.04. The van der Waals surface area contributed by atoms with Gasteiger partial charge in [-0.25, -0.2) is 0 Å². The Morgan fingerprint density at radius 3 is 2.41 bits per heavy atom. The topological polar surface area (TPSA) is 30.5 Å². The third-order valence-corrected chi connectivity index (χ3v) is 4.43. The van der Waals surface area contributed by atoms with Crippen molar-refractivity contribution in [3.63, 3.8) is 0 Å². The number of ether oxygens (including phenoxy) is 2. The van der Waals surface area contributed by atoms with Crippen molar-refractivity contribution in [3.05, 3.63) is 87.9 Å². The van der Waals surface area contributed by atoms with Gasteiger partial charge in [0.2, 0.25) is 0 Å². The van der Waals surface area contributed by atoms with Crippen molar-refractivity contribution in [2.45, 2.75) is 20.1 Å². The third kappa shape index (κ3) is 5.56. The molecule has 0 aliphatic carbocycles. The van der Waals surface area contributed by atoms with Crippen LogP contribution in [0.1, 0.15) is 18.1 Å². The molecule has 0 bridgehead atoms. The molecule has 0 unspecified atom stereocenters. The Morgan fingerprint density at radius 1 is 0.852 bits per heavy atom. The Balaban J connectivity index is 1.75. The largest absolute Gasteiger partial charge is 0.490 e. The number of hydrogen-bond acceptors (Lipinski definition) is 3. The standard InChI is InChI=1S/C22H21Cl2NO2/c1-2-26-21-13-17(14-25-19-9-4-3-5-10-19)12-20(24)22(21)27-15-16-7-6-8-18(23)11-16/h3-13,25H,2,14-15H2,1H3. The number of rotatable bonds is 8. The number of para-hydroxylation sites is 1. The van der Waals surface area contributed by atoms with Crippen LogP contribution >= 0.6 is 23.2 Å².